The third kappa shape index (κ3) is 5.12. The number of ether oxygens (including phenoxy) is 2. The minimum Gasteiger partial charge on any atom is -0.491 e. The van der Waals surface area contributed by atoms with Gasteiger partial charge in [-0.15, -0.1) is 11.6 Å². The van der Waals surface area contributed by atoms with Crippen LogP contribution >= 0.6 is 11.6 Å². The normalized spacial score (nSPS) is 9.59. The number of hydrogen-bond donors (Lipinski definition) is 0. The fourth-order valence-corrected chi connectivity index (χ4v) is 1.41. The Hall–Kier alpha value is -1.17. The highest BCUT2D eigenvalue weighted by Crippen LogP contribution is 2.16. The monoisotopic (exact) mass is 252 g/mol. The van der Waals surface area contributed by atoms with E-state index in [0.29, 0.717) is 25.5 Å². The Kier molecular flexibility index (Phi) is 6.54. The number of rotatable bonds is 5. The van der Waals surface area contributed by atoms with Gasteiger partial charge < -0.3 is 9.47 Å². The van der Waals surface area contributed by atoms with Gasteiger partial charge in [0.05, 0.1) is 6.61 Å². The number of benzene rings is 1. The second kappa shape index (κ2) is 8.00. The Labute approximate surface area is 108 Å². The van der Waals surface area contributed by atoms with Gasteiger partial charge in [-0.1, -0.05) is 11.8 Å². The molecule has 0 saturated heterocycles. The van der Waals surface area contributed by atoms with Gasteiger partial charge in [0, 0.05) is 25.0 Å². The summed E-state index contributed by atoms with van der Waals surface area (Å²) >= 11 is 5.57. The van der Waals surface area contributed by atoms with Crippen molar-refractivity contribution >= 4 is 11.6 Å². The van der Waals surface area contributed by atoms with E-state index in [2.05, 4.69) is 11.8 Å². The lowest BCUT2D eigenvalue weighted by molar-refractivity contribution is 0.146. The fourth-order valence-electron chi connectivity index (χ4n) is 1.31. The summed E-state index contributed by atoms with van der Waals surface area (Å²) in [7, 11) is 1.66. The maximum atomic E-state index is 5.57. The van der Waals surface area contributed by atoms with E-state index >= 15 is 0 Å². The molecule has 0 aliphatic rings. The zero-order valence-corrected chi connectivity index (χ0v) is 11.0. The molecular formula is C14H17ClO2. The Morgan fingerprint density at radius 2 is 2.12 bits per heavy atom. The predicted molar refractivity (Wildman–Crippen MR) is 70.8 cm³/mol. The van der Waals surface area contributed by atoms with E-state index in [0.717, 1.165) is 16.9 Å². The first-order valence-electron chi connectivity index (χ1n) is 5.55. The summed E-state index contributed by atoms with van der Waals surface area (Å²) in [5, 5.41) is 0. The minimum absolute atomic E-state index is 0.563. The Bertz CT molecular complexity index is 404. The molecule has 0 aromatic heterocycles. The van der Waals surface area contributed by atoms with Gasteiger partial charge in [-0.3, -0.25) is 0 Å². The third-order valence-electron chi connectivity index (χ3n) is 2.20. The highest BCUT2D eigenvalue weighted by atomic mass is 35.5. The molecule has 0 fully saturated rings. The number of aryl methyl sites for hydroxylation is 1. The molecule has 3 heteroatoms. The van der Waals surface area contributed by atoms with Gasteiger partial charge in [0.15, 0.2) is 0 Å². The average molecular weight is 253 g/mol. The topological polar surface area (TPSA) is 18.5 Å². The molecule has 0 heterocycles. The molecule has 1 aromatic carbocycles. The van der Waals surface area contributed by atoms with Crippen molar-refractivity contribution in [2.45, 2.75) is 13.3 Å². The summed E-state index contributed by atoms with van der Waals surface area (Å²) in [5.74, 6) is 7.54. The largest absolute Gasteiger partial charge is 0.491 e. The highest BCUT2D eigenvalue weighted by Gasteiger charge is 1.98. The van der Waals surface area contributed by atoms with Crippen molar-refractivity contribution in [1.29, 1.82) is 0 Å². The molecule has 17 heavy (non-hydrogen) atoms. The van der Waals surface area contributed by atoms with E-state index in [4.69, 9.17) is 21.1 Å². The molecule has 0 unspecified atom stereocenters. The van der Waals surface area contributed by atoms with Crippen LogP contribution in [0.25, 0.3) is 0 Å². The first-order chi connectivity index (χ1) is 8.27. The quantitative estimate of drug-likeness (QED) is 0.456. The van der Waals surface area contributed by atoms with E-state index in [1.165, 1.54) is 0 Å². The Balaban J connectivity index is 2.63. The van der Waals surface area contributed by atoms with Crippen molar-refractivity contribution in [3.05, 3.63) is 29.3 Å². The van der Waals surface area contributed by atoms with Crippen LogP contribution in [-0.4, -0.2) is 26.2 Å². The van der Waals surface area contributed by atoms with Gasteiger partial charge in [-0.25, -0.2) is 0 Å². The first kappa shape index (κ1) is 13.9. The van der Waals surface area contributed by atoms with Crippen LogP contribution in [0.1, 0.15) is 17.5 Å². The summed E-state index contributed by atoms with van der Waals surface area (Å²) in [6, 6.07) is 5.88. The summed E-state index contributed by atoms with van der Waals surface area (Å²) in [5.41, 5.74) is 2.14. The number of methoxy groups -OCH3 is 1. The molecule has 0 bridgehead atoms. The summed E-state index contributed by atoms with van der Waals surface area (Å²) < 4.78 is 10.4. The van der Waals surface area contributed by atoms with Crippen LogP contribution in [0.2, 0.25) is 0 Å². The van der Waals surface area contributed by atoms with Gasteiger partial charge in [0.1, 0.15) is 12.4 Å². The standard InChI is InChI=1S/C14H17ClO2/c1-12-11-14(17-10-9-16-2)7-6-13(12)5-3-4-8-15/h6-7,11H,4,8-10H2,1-2H3. The van der Waals surface area contributed by atoms with Crippen molar-refractivity contribution in [2.24, 2.45) is 0 Å². The van der Waals surface area contributed by atoms with Crippen LogP contribution in [0.3, 0.4) is 0 Å². The average Bonchev–Trinajstić information content (AvgIpc) is 2.32. The second-order valence-electron chi connectivity index (χ2n) is 3.56. The van der Waals surface area contributed by atoms with Crippen LogP contribution in [-0.2, 0) is 4.74 Å². The zero-order valence-electron chi connectivity index (χ0n) is 10.3. The molecule has 2 nitrogen and oxygen atoms in total. The fraction of sp³-hybridized carbons (Fsp3) is 0.429. The van der Waals surface area contributed by atoms with Crippen LogP contribution in [0.4, 0.5) is 0 Å². The molecule has 1 aromatic rings. The molecule has 0 atom stereocenters. The molecule has 0 amide bonds. The van der Waals surface area contributed by atoms with Crippen molar-refractivity contribution in [3.8, 4) is 17.6 Å². The van der Waals surface area contributed by atoms with Gasteiger partial charge in [-0.05, 0) is 30.7 Å². The van der Waals surface area contributed by atoms with Crippen LogP contribution in [0.5, 0.6) is 5.75 Å². The number of hydrogen-bond acceptors (Lipinski definition) is 2. The Morgan fingerprint density at radius 1 is 1.29 bits per heavy atom. The lowest BCUT2D eigenvalue weighted by Crippen LogP contribution is -2.04. The SMILES string of the molecule is COCCOc1ccc(C#CCCCl)c(C)c1. The molecule has 0 N–H and O–H groups in total. The lowest BCUT2D eigenvalue weighted by atomic mass is 10.1. The van der Waals surface area contributed by atoms with E-state index in [1.54, 1.807) is 7.11 Å². The van der Waals surface area contributed by atoms with E-state index in [9.17, 15) is 0 Å². The number of alkyl halides is 1. The van der Waals surface area contributed by atoms with Gasteiger partial charge >= 0.3 is 0 Å². The maximum Gasteiger partial charge on any atom is 0.119 e. The van der Waals surface area contributed by atoms with Crippen LogP contribution < -0.4 is 4.74 Å². The lowest BCUT2D eigenvalue weighted by Gasteiger charge is -2.07. The van der Waals surface area contributed by atoms with Crippen molar-refractivity contribution < 1.29 is 9.47 Å². The smallest absolute Gasteiger partial charge is 0.119 e. The van der Waals surface area contributed by atoms with E-state index in [-0.39, 0.29) is 0 Å². The Morgan fingerprint density at radius 3 is 2.76 bits per heavy atom. The summed E-state index contributed by atoms with van der Waals surface area (Å²) in [6.07, 6.45) is 0.715. The highest BCUT2D eigenvalue weighted by molar-refractivity contribution is 6.18. The first-order valence-corrected chi connectivity index (χ1v) is 6.08. The number of halogens is 1. The molecule has 1 rings (SSSR count). The summed E-state index contributed by atoms with van der Waals surface area (Å²) in [4.78, 5) is 0. The van der Waals surface area contributed by atoms with Crippen LogP contribution in [0, 0.1) is 18.8 Å². The summed E-state index contributed by atoms with van der Waals surface area (Å²) in [6.45, 7) is 3.18. The molecule has 92 valence electrons. The molecule has 0 spiro atoms. The molecule has 0 saturated carbocycles. The molecule has 0 aliphatic heterocycles. The third-order valence-corrected chi connectivity index (χ3v) is 2.39. The molecule has 0 radical (unpaired) electrons. The zero-order chi connectivity index (χ0) is 12.5. The predicted octanol–water partition coefficient (Wildman–Crippen LogP) is 3.00. The van der Waals surface area contributed by atoms with Gasteiger partial charge in [-0.2, -0.15) is 0 Å². The van der Waals surface area contributed by atoms with Crippen molar-refractivity contribution in [3.63, 3.8) is 0 Å². The van der Waals surface area contributed by atoms with E-state index < -0.39 is 0 Å². The van der Waals surface area contributed by atoms with Crippen molar-refractivity contribution in [2.75, 3.05) is 26.2 Å². The van der Waals surface area contributed by atoms with Crippen LogP contribution in [0.15, 0.2) is 18.2 Å². The van der Waals surface area contributed by atoms with Gasteiger partial charge in [0.2, 0.25) is 0 Å². The molecular weight excluding hydrogens is 236 g/mol. The minimum atomic E-state index is 0.563. The van der Waals surface area contributed by atoms with Crippen molar-refractivity contribution in [1.82, 2.24) is 0 Å². The second-order valence-corrected chi connectivity index (χ2v) is 3.94. The van der Waals surface area contributed by atoms with E-state index in [1.807, 2.05) is 25.1 Å². The van der Waals surface area contributed by atoms with Gasteiger partial charge in [0.25, 0.3) is 0 Å². The maximum absolute atomic E-state index is 5.57. The molecule has 0 aliphatic carbocycles.